The molecule has 0 aromatic rings. The number of rotatable bonds is 2. The largest absolute Gasteiger partial charge is 0.411 e. The summed E-state index contributed by atoms with van der Waals surface area (Å²) in [6.45, 7) is 9.30. The molecule has 2 heteroatoms. The van der Waals surface area contributed by atoms with E-state index in [1.165, 1.54) is 19.3 Å². The van der Waals surface area contributed by atoms with Gasteiger partial charge in [0.1, 0.15) is 0 Å². The first-order valence-corrected chi connectivity index (χ1v) is 6.17. The molecule has 2 saturated carbocycles. The van der Waals surface area contributed by atoms with Crippen molar-refractivity contribution in [1.29, 1.82) is 0 Å². The maximum Gasteiger partial charge on any atom is 0.0602 e. The summed E-state index contributed by atoms with van der Waals surface area (Å²) in [5, 5.41) is 12.6. The molecule has 2 nitrogen and oxygen atoms in total. The molecule has 0 aromatic carbocycles. The fraction of sp³-hybridized carbons (Fsp3) is 0.923. The molecule has 2 fully saturated rings. The summed E-state index contributed by atoms with van der Waals surface area (Å²) in [7, 11) is 0. The first kappa shape index (κ1) is 11.0. The van der Waals surface area contributed by atoms with Gasteiger partial charge in [0.15, 0.2) is 0 Å². The van der Waals surface area contributed by atoms with E-state index in [0.29, 0.717) is 16.7 Å². The average molecular weight is 209 g/mol. The predicted molar refractivity (Wildman–Crippen MR) is 62.2 cm³/mol. The summed E-state index contributed by atoms with van der Waals surface area (Å²) in [6.07, 6.45) is 4.78. The van der Waals surface area contributed by atoms with Gasteiger partial charge in [0.05, 0.1) is 5.71 Å². The van der Waals surface area contributed by atoms with E-state index in [-0.39, 0.29) is 0 Å². The van der Waals surface area contributed by atoms with Crippen LogP contribution in [0.5, 0.6) is 0 Å². The van der Waals surface area contributed by atoms with E-state index in [0.717, 1.165) is 18.1 Å². The molecule has 0 heterocycles. The SMILES string of the molecule is CC/C(=N/O)[C@@H]1C[C@@]2(C)CC[C@H]1C2(C)C. The smallest absolute Gasteiger partial charge is 0.0602 e. The Hall–Kier alpha value is -0.530. The van der Waals surface area contributed by atoms with Crippen LogP contribution in [0.3, 0.4) is 0 Å². The number of hydrogen-bond donors (Lipinski definition) is 1. The molecule has 0 aromatic heterocycles. The molecule has 0 amide bonds. The molecule has 2 rings (SSSR count). The zero-order chi connectivity index (χ0) is 11.3. The first-order valence-electron chi connectivity index (χ1n) is 6.17. The summed E-state index contributed by atoms with van der Waals surface area (Å²) in [5.41, 5.74) is 1.91. The maximum absolute atomic E-state index is 9.06. The summed E-state index contributed by atoms with van der Waals surface area (Å²) in [4.78, 5) is 0. The molecule has 0 aliphatic heterocycles. The Morgan fingerprint density at radius 1 is 1.40 bits per heavy atom. The minimum absolute atomic E-state index is 0.419. The van der Waals surface area contributed by atoms with Crippen LogP contribution in [0.2, 0.25) is 0 Å². The van der Waals surface area contributed by atoms with Gasteiger partial charge in [-0.2, -0.15) is 0 Å². The third-order valence-corrected chi connectivity index (χ3v) is 5.56. The molecule has 0 unspecified atom stereocenters. The molecular weight excluding hydrogens is 186 g/mol. The van der Waals surface area contributed by atoms with Gasteiger partial charge in [0.25, 0.3) is 0 Å². The Morgan fingerprint density at radius 3 is 2.40 bits per heavy atom. The highest BCUT2D eigenvalue weighted by Gasteiger charge is 2.61. The van der Waals surface area contributed by atoms with Crippen LogP contribution in [0.15, 0.2) is 5.16 Å². The second-order valence-electron chi connectivity index (χ2n) is 6.18. The highest BCUT2D eigenvalue weighted by atomic mass is 16.4. The van der Waals surface area contributed by atoms with Crippen LogP contribution in [0, 0.1) is 22.7 Å². The van der Waals surface area contributed by atoms with Gasteiger partial charge in [-0.1, -0.05) is 32.9 Å². The average Bonchev–Trinajstić information content (AvgIpc) is 2.50. The van der Waals surface area contributed by atoms with Gasteiger partial charge in [0, 0.05) is 5.92 Å². The standard InChI is InChI=1S/C13H23NO/c1-5-11(14-15)9-8-13(4)7-6-10(9)12(13,2)3/h9-10,15H,5-8H2,1-4H3/b14-11-/t9-,10-,13-/m1/s1. The zero-order valence-corrected chi connectivity index (χ0v) is 10.4. The van der Waals surface area contributed by atoms with Crippen molar-refractivity contribution in [3.05, 3.63) is 0 Å². The number of fused-ring (bicyclic) bond motifs is 2. The molecule has 15 heavy (non-hydrogen) atoms. The van der Waals surface area contributed by atoms with E-state index in [1.54, 1.807) is 0 Å². The van der Waals surface area contributed by atoms with Crippen molar-refractivity contribution in [2.24, 2.45) is 27.8 Å². The van der Waals surface area contributed by atoms with E-state index in [2.05, 4.69) is 32.9 Å². The van der Waals surface area contributed by atoms with Crippen LogP contribution in [-0.4, -0.2) is 10.9 Å². The highest BCUT2D eigenvalue weighted by Crippen LogP contribution is 2.67. The van der Waals surface area contributed by atoms with Gasteiger partial charge < -0.3 is 5.21 Å². The molecule has 3 atom stereocenters. The quantitative estimate of drug-likeness (QED) is 0.420. The molecular formula is C13H23NO. The highest BCUT2D eigenvalue weighted by molar-refractivity contribution is 5.87. The molecule has 86 valence electrons. The molecule has 1 N–H and O–H groups in total. The van der Waals surface area contributed by atoms with Crippen molar-refractivity contribution in [1.82, 2.24) is 0 Å². The Kier molecular flexibility index (Phi) is 2.36. The van der Waals surface area contributed by atoms with E-state index in [1.807, 2.05) is 0 Å². The van der Waals surface area contributed by atoms with Gasteiger partial charge in [-0.15, -0.1) is 0 Å². The fourth-order valence-electron chi connectivity index (χ4n) is 4.06. The van der Waals surface area contributed by atoms with Crippen molar-refractivity contribution in [3.8, 4) is 0 Å². The van der Waals surface area contributed by atoms with Crippen molar-refractivity contribution >= 4 is 5.71 Å². The summed E-state index contributed by atoms with van der Waals surface area (Å²) < 4.78 is 0. The Morgan fingerprint density at radius 2 is 2.07 bits per heavy atom. The van der Waals surface area contributed by atoms with Crippen LogP contribution in [0.4, 0.5) is 0 Å². The molecule has 2 aliphatic carbocycles. The first-order chi connectivity index (χ1) is 6.96. The Bertz CT molecular complexity index is 292. The minimum atomic E-state index is 0.419. The van der Waals surface area contributed by atoms with Crippen LogP contribution >= 0.6 is 0 Å². The Labute approximate surface area is 92.8 Å². The monoisotopic (exact) mass is 209 g/mol. The van der Waals surface area contributed by atoms with Gasteiger partial charge in [-0.05, 0) is 42.4 Å². The van der Waals surface area contributed by atoms with Crippen LogP contribution < -0.4 is 0 Å². The van der Waals surface area contributed by atoms with Crippen molar-refractivity contribution < 1.29 is 5.21 Å². The number of oxime groups is 1. The maximum atomic E-state index is 9.06. The third kappa shape index (κ3) is 1.26. The van der Waals surface area contributed by atoms with Gasteiger partial charge >= 0.3 is 0 Å². The van der Waals surface area contributed by atoms with Gasteiger partial charge in [0.2, 0.25) is 0 Å². The summed E-state index contributed by atoms with van der Waals surface area (Å²) >= 11 is 0. The van der Waals surface area contributed by atoms with Crippen LogP contribution in [-0.2, 0) is 0 Å². The van der Waals surface area contributed by atoms with E-state index in [4.69, 9.17) is 5.21 Å². The van der Waals surface area contributed by atoms with Gasteiger partial charge in [-0.3, -0.25) is 0 Å². The summed E-state index contributed by atoms with van der Waals surface area (Å²) in [6, 6.07) is 0. The lowest BCUT2D eigenvalue weighted by Gasteiger charge is -2.34. The third-order valence-electron chi connectivity index (χ3n) is 5.56. The molecule has 0 saturated heterocycles. The lowest BCUT2D eigenvalue weighted by Crippen LogP contribution is -2.27. The minimum Gasteiger partial charge on any atom is -0.411 e. The molecule has 0 radical (unpaired) electrons. The fourth-order valence-corrected chi connectivity index (χ4v) is 4.06. The van der Waals surface area contributed by atoms with Crippen LogP contribution in [0.1, 0.15) is 53.4 Å². The van der Waals surface area contributed by atoms with E-state index in [9.17, 15) is 0 Å². The molecule has 2 bridgehead atoms. The molecule has 2 aliphatic rings. The Balaban J connectivity index is 2.29. The number of nitrogens with zero attached hydrogens (tertiary/aromatic N) is 1. The molecule has 0 spiro atoms. The summed E-state index contributed by atoms with van der Waals surface area (Å²) in [5.74, 6) is 1.27. The number of hydrogen-bond acceptors (Lipinski definition) is 2. The van der Waals surface area contributed by atoms with Crippen molar-refractivity contribution in [3.63, 3.8) is 0 Å². The zero-order valence-electron chi connectivity index (χ0n) is 10.4. The topological polar surface area (TPSA) is 32.6 Å². The van der Waals surface area contributed by atoms with Crippen molar-refractivity contribution in [2.45, 2.75) is 53.4 Å². The predicted octanol–water partition coefficient (Wildman–Crippen LogP) is 3.69. The van der Waals surface area contributed by atoms with E-state index >= 15 is 0 Å². The lowest BCUT2D eigenvalue weighted by molar-refractivity contribution is 0.152. The van der Waals surface area contributed by atoms with E-state index < -0.39 is 0 Å². The van der Waals surface area contributed by atoms with Gasteiger partial charge in [-0.25, -0.2) is 0 Å². The van der Waals surface area contributed by atoms with Crippen molar-refractivity contribution in [2.75, 3.05) is 0 Å². The normalized spacial score (nSPS) is 43.6. The second kappa shape index (κ2) is 3.23. The second-order valence-corrected chi connectivity index (χ2v) is 6.18. The lowest BCUT2D eigenvalue weighted by atomic mass is 9.71. The van der Waals surface area contributed by atoms with Crippen LogP contribution in [0.25, 0.3) is 0 Å².